The summed E-state index contributed by atoms with van der Waals surface area (Å²) in [7, 11) is -0.633. The SMILES string of the molecule is CCOC(=O)/C=C\C(=O)Nc1ccc(S(=O)(=O)N(C)C)cc1. The van der Waals surface area contributed by atoms with Gasteiger partial charge in [-0.1, -0.05) is 0 Å². The van der Waals surface area contributed by atoms with Crippen molar-refractivity contribution in [3.8, 4) is 0 Å². The molecule has 22 heavy (non-hydrogen) atoms. The van der Waals surface area contributed by atoms with Crippen LogP contribution in [0.2, 0.25) is 0 Å². The molecular weight excluding hydrogens is 308 g/mol. The zero-order valence-corrected chi connectivity index (χ0v) is 13.4. The van der Waals surface area contributed by atoms with E-state index < -0.39 is 21.9 Å². The maximum Gasteiger partial charge on any atom is 0.330 e. The molecule has 0 saturated heterocycles. The molecule has 1 N–H and O–H groups in total. The summed E-state index contributed by atoms with van der Waals surface area (Å²) in [6, 6.07) is 5.71. The highest BCUT2D eigenvalue weighted by Crippen LogP contribution is 2.16. The smallest absolute Gasteiger partial charge is 0.330 e. The summed E-state index contributed by atoms with van der Waals surface area (Å²) < 4.78 is 29.5. The second kappa shape index (κ2) is 7.71. The summed E-state index contributed by atoms with van der Waals surface area (Å²) >= 11 is 0. The second-order valence-corrected chi connectivity index (χ2v) is 6.54. The number of hydrogen-bond acceptors (Lipinski definition) is 5. The minimum absolute atomic E-state index is 0.123. The minimum atomic E-state index is -3.50. The van der Waals surface area contributed by atoms with Crippen LogP contribution in [0.1, 0.15) is 6.92 Å². The van der Waals surface area contributed by atoms with Gasteiger partial charge in [0.15, 0.2) is 0 Å². The Morgan fingerprint density at radius 3 is 2.27 bits per heavy atom. The van der Waals surface area contributed by atoms with Gasteiger partial charge in [0, 0.05) is 31.9 Å². The van der Waals surface area contributed by atoms with Crippen LogP contribution in [0.5, 0.6) is 0 Å². The molecule has 1 amide bonds. The molecule has 0 bridgehead atoms. The Labute approximate surface area is 129 Å². The Hall–Kier alpha value is -2.19. The zero-order valence-electron chi connectivity index (χ0n) is 12.6. The number of benzene rings is 1. The van der Waals surface area contributed by atoms with E-state index in [1.54, 1.807) is 6.92 Å². The van der Waals surface area contributed by atoms with Crippen LogP contribution in [-0.2, 0) is 24.3 Å². The van der Waals surface area contributed by atoms with E-state index in [4.69, 9.17) is 0 Å². The summed E-state index contributed by atoms with van der Waals surface area (Å²) in [6.45, 7) is 1.89. The molecule has 0 unspecified atom stereocenters. The lowest BCUT2D eigenvalue weighted by molar-refractivity contribution is -0.137. The van der Waals surface area contributed by atoms with Gasteiger partial charge in [-0.2, -0.15) is 0 Å². The monoisotopic (exact) mass is 326 g/mol. The molecule has 0 aliphatic heterocycles. The number of nitrogens with zero attached hydrogens (tertiary/aromatic N) is 1. The molecule has 1 aromatic carbocycles. The lowest BCUT2D eigenvalue weighted by Gasteiger charge is -2.11. The number of esters is 1. The van der Waals surface area contributed by atoms with Crippen molar-refractivity contribution < 1.29 is 22.7 Å². The number of nitrogens with one attached hydrogen (secondary N) is 1. The fourth-order valence-electron chi connectivity index (χ4n) is 1.44. The van der Waals surface area contributed by atoms with Crippen molar-refractivity contribution >= 4 is 27.6 Å². The van der Waals surface area contributed by atoms with Gasteiger partial charge in [-0.25, -0.2) is 17.5 Å². The first-order chi connectivity index (χ1) is 10.3. The largest absolute Gasteiger partial charge is 0.463 e. The molecule has 0 fully saturated rings. The van der Waals surface area contributed by atoms with Gasteiger partial charge >= 0.3 is 5.97 Å². The van der Waals surface area contributed by atoms with Crippen molar-refractivity contribution in [1.82, 2.24) is 4.31 Å². The standard InChI is InChI=1S/C14H18N2O5S/c1-4-21-14(18)10-9-13(17)15-11-5-7-12(8-6-11)22(19,20)16(2)3/h5-10H,4H2,1-3H3,(H,15,17)/b10-9-. The van der Waals surface area contributed by atoms with E-state index in [2.05, 4.69) is 10.1 Å². The quantitative estimate of drug-likeness (QED) is 0.622. The van der Waals surface area contributed by atoms with E-state index in [0.29, 0.717) is 5.69 Å². The molecule has 1 aromatic rings. The molecule has 8 heteroatoms. The maximum atomic E-state index is 11.9. The Morgan fingerprint density at radius 2 is 1.77 bits per heavy atom. The van der Waals surface area contributed by atoms with Gasteiger partial charge in [0.05, 0.1) is 11.5 Å². The third-order valence-corrected chi connectivity index (χ3v) is 4.39. The molecule has 0 spiro atoms. The summed E-state index contributed by atoms with van der Waals surface area (Å²) in [6.07, 6.45) is 2.06. The van der Waals surface area contributed by atoms with Crippen LogP contribution in [0.25, 0.3) is 0 Å². The number of ether oxygens (including phenoxy) is 1. The number of amides is 1. The van der Waals surface area contributed by atoms with Gasteiger partial charge < -0.3 is 10.1 Å². The molecule has 1 rings (SSSR count). The third-order valence-electron chi connectivity index (χ3n) is 2.56. The van der Waals surface area contributed by atoms with E-state index in [-0.39, 0.29) is 11.5 Å². The zero-order chi connectivity index (χ0) is 16.8. The Bertz CT molecular complexity index is 663. The number of anilines is 1. The lowest BCUT2D eigenvalue weighted by Crippen LogP contribution is -2.22. The molecule has 0 saturated carbocycles. The van der Waals surface area contributed by atoms with E-state index >= 15 is 0 Å². The Morgan fingerprint density at radius 1 is 1.18 bits per heavy atom. The van der Waals surface area contributed by atoms with Crippen LogP contribution in [-0.4, -0.2) is 45.3 Å². The van der Waals surface area contributed by atoms with E-state index in [1.165, 1.54) is 38.4 Å². The number of carbonyl (C=O) groups excluding carboxylic acids is 2. The fourth-order valence-corrected chi connectivity index (χ4v) is 2.34. The molecule has 0 aliphatic rings. The molecule has 0 aromatic heterocycles. The van der Waals surface area contributed by atoms with Crippen molar-refractivity contribution in [2.45, 2.75) is 11.8 Å². The molecule has 120 valence electrons. The highest BCUT2D eigenvalue weighted by molar-refractivity contribution is 7.89. The average Bonchev–Trinajstić information content (AvgIpc) is 2.46. The molecular formula is C14H18N2O5S. The van der Waals surface area contributed by atoms with E-state index in [1.807, 2.05) is 0 Å². The van der Waals surface area contributed by atoms with Gasteiger partial charge in [0.25, 0.3) is 0 Å². The molecule has 7 nitrogen and oxygen atoms in total. The summed E-state index contributed by atoms with van der Waals surface area (Å²) in [4.78, 5) is 22.8. The number of sulfonamides is 1. The molecule has 0 heterocycles. The minimum Gasteiger partial charge on any atom is -0.463 e. The maximum absolute atomic E-state index is 11.9. The van der Waals surface area contributed by atoms with Crippen LogP contribution in [0.3, 0.4) is 0 Å². The highest BCUT2D eigenvalue weighted by atomic mass is 32.2. The molecule has 0 radical (unpaired) electrons. The van der Waals surface area contributed by atoms with Crippen LogP contribution < -0.4 is 5.32 Å². The first-order valence-electron chi connectivity index (χ1n) is 6.45. The second-order valence-electron chi connectivity index (χ2n) is 4.39. The van der Waals surface area contributed by atoms with Gasteiger partial charge in [0.2, 0.25) is 15.9 Å². The normalized spacial score (nSPS) is 11.6. The summed E-state index contributed by atoms with van der Waals surface area (Å²) in [5.41, 5.74) is 0.413. The van der Waals surface area contributed by atoms with Crippen LogP contribution in [0.15, 0.2) is 41.3 Å². The van der Waals surface area contributed by atoms with Gasteiger partial charge in [0.1, 0.15) is 0 Å². The van der Waals surface area contributed by atoms with Crippen LogP contribution in [0, 0.1) is 0 Å². The fraction of sp³-hybridized carbons (Fsp3) is 0.286. The van der Waals surface area contributed by atoms with Crippen molar-refractivity contribution in [1.29, 1.82) is 0 Å². The first-order valence-corrected chi connectivity index (χ1v) is 7.89. The first kappa shape index (κ1) is 17.9. The van der Waals surface area contributed by atoms with E-state index in [9.17, 15) is 18.0 Å². The van der Waals surface area contributed by atoms with Gasteiger partial charge in [-0.3, -0.25) is 4.79 Å². The Balaban J connectivity index is 2.73. The van der Waals surface area contributed by atoms with Crippen LogP contribution in [0.4, 0.5) is 5.69 Å². The predicted octanol–water partition coefficient (Wildman–Crippen LogP) is 0.995. The number of rotatable bonds is 6. The number of carbonyl (C=O) groups is 2. The number of hydrogen-bond donors (Lipinski definition) is 1. The lowest BCUT2D eigenvalue weighted by atomic mass is 10.3. The van der Waals surface area contributed by atoms with Crippen molar-refractivity contribution in [3.63, 3.8) is 0 Å². The van der Waals surface area contributed by atoms with Gasteiger partial charge in [-0.15, -0.1) is 0 Å². The molecule has 0 aliphatic carbocycles. The van der Waals surface area contributed by atoms with Crippen LogP contribution >= 0.6 is 0 Å². The summed E-state index contributed by atoms with van der Waals surface area (Å²) in [5.74, 6) is -1.12. The van der Waals surface area contributed by atoms with Gasteiger partial charge in [-0.05, 0) is 31.2 Å². The predicted molar refractivity (Wildman–Crippen MR) is 81.7 cm³/mol. The topological polar surface area (TPSA) is 92.8 Å². The average molecular weight is 326 g/mol. The molecule has 0 atom stereocenters. The van der Waals surface area contributed by atoms with E-state index in [0.717, 1.165) is 16.5 Å². The van der Waals surface area contributed by atoms with Crippen molar-refractivity contribution in [2.24, 2.45) is 0 Å². The highest BCUT2D eigenvalue weighted by Gasteiger charge is 2.16. The Kier molecular flexibility index (Phi) is 6.26. The third kappa shape index (κ3) is 4.97. The van der Waals surface area contributed by atoms with Crippen molar-refractivity contribution in [2.75, 3.05) is 26.0 Å². The van der Waals surface area contributed by atoms with Crippen molar-refractivity contribution in [3.05, 3.63) is 36.4 Å². The summed E-state index contributed by atoms with van der Waals surface area (Å²) in [5, 5.41) is 2.51.